The van der Waals surface area contributed by atoms with E-state index in [2.05, 4.69) is 0 Å². The summed E-state index contributed by atoms with van der Waals surface area (Å²) in [5, 5.41) is 38.7. The highest BCUT2D eigenvalue weighted by molar-refractivity contribution is 5.44. The molecule has 0 fully saturated rings. The largest absolute Gasteiger partial charge is 0.508 e. The lowest BCUT2D eigenvalue weighted by molar-refractivity contribution is 0.104. The topological polar surface area (TPSA) is 99.4 Å². The van der Waals surface area contributed by atoms with Crippen molar-refractivity contribution in [2.24, 2.45) is 0 Å². The Morgan fingerprint density at radius 2 is 0.882 bits per heavy atom. The fourth-order valence-corrected chi connectivity index (χ4v) is 3.38. The van der Waals surface area contributed by atoms with Crippen LogP contribution in [0.3, 0.4) is 0 Å². The zero-order valence-corrected chi connectivity index (χ0v) is 18.8. The zero-order chi connectivity index (χ0) is 24.3. The molecule has 176 valence electrons. The molecule has 4 aromatic rings. The second-order valence-electron chi connectivity index (χ2n) is 7.48. The molecule has 6 heteroatoms. The highest BCUT2D eigenvalue weighted by atomic mass is 16.5. The van der Waals surface area contributed by atoms with Gasteiger partial charge >= 0.3 is 0 Å². The van der Waals surface area contributed by atoms with Gasteiger partial charge in [0.05, 0.1) is 13.2 Å². The van der Waals surface area contributed by atoms with E-state index in [1.165, 1.54) is 0 Å². The molecular weight excluding hydrogens is 432 g/mol. The lowest BCUT2D eigenvalue weighted by Gasteiger charge is -2.18. The van der Waals surface area contributed by atoms with Gasteiger partial charge in [-0.05, 0) is 24.3 Å². The van der Waals surface area contributed by atoms with Gasteiger partial charge in [0.25, 0.3) is 0 Å². The first-order chi connectivity index (χ1) is 16.5. The first-order valence-corrected chi connectivity index (χ1v) is 10.7. The first-order valence-electron chi connectivity index (χ1n) is 10.7. The van der Waals surface area contributed by atoms with Gasteiger partial charge in [-0.1, -0.05) is 72.8 Å². The number of hydrogen-bond donors (Lipinski definition) is 4. The zero-order valence-electron chi connectivity index (χ0n) is 18.8. The molecule has 0 aromatic heterocycles. The van der Waals surface area contributed by atoms with E-state index < -0.39 is 6.10 Å². The van der Waals surface area contributed by atoms with Gasteiger partial charge in [0, 0.05) is 29.4 Å². The molecule has 0 atom stereocenters. The molecule has 0 amide bonds. The van der Waals surface area contributed by atoms with Crippen molar-refractivity contribution in [3.8, 4) is 23.0 Å². The number of aromatic hydroxyl groups is 4. The summed E-state index contributed by atoms with van der Waals surface area (Å²) in [6.45, 7) is 0.641. The average molecular weight is 461 g/mol. The third kappa shape index (κ3) is 6.51. The Labute approximate surface area is 198 Å². The molecule has 6 nitrogen and oxygen atoms in total. The Morgan fingerprint density at radius 1 is 0.529 bits per heavy atom. The summed E-state index contributed by atoms with van der Waals surface area (Å²) in [7, 11) is 1.55. The smallest absolute Gasteiger partial charge is 0.121 e. The van der Waals surface area contributed by atoms with Crippen molar-refractivity contribution in [3.05, 3.63) is 119 Å². The van der Waals surface area contributed by atoms with Crippen molar-refractivity contribution in [2.45, 2.75) is 19.3 Å². The Hall–Kier alpha value is -4.00. The summed E-state index contributed by atoms with van der Waals surface area (Å²) in [6, 6.07) is 28.0. The van der Waals surface area contributed by atoms with Crippen LogP contribution < -0.4 is 0 Å². The second kappa shape index (κ2) is 12.3. The second-order valence-corrected chi connectivity index (χ2v) is 7.48. The minimum atomic E-state index is -0.475. The van der Waals surface area contributed by atoms with Crippen molar-refractivity contribution >= 4 is 0 Å². The molecular formula is C28H28O6. The average Bonchev–Trinajstić information content (AvgIpc) is 2.85. The third-order valence-corrected chi connectivity index (χ3v) is 5.17. The monoisotopic (exact) mass is 460 g/mol. The summed E-state index contributed by atoms with van der Waals surface area (Å²) >= 11 is 0. The Morgan fingerprint density at radius 3 is 1.24 bits per heavy atom. The SMILES string of the molecule is COC(c1ccccc1O)c1ccccc1O.Oc1ccccc1COCc1ccccc1O. The van der Waals surface area contributed by atoms with E-state index >= 15 is 0 Å². The van der Waals surface area contributed by atoms with Crippen LogP contribution in [0.1, 0.15) is 28.4 Å². The number of para-hydroxylation sites is 4. The third-order valence-electron chi connectivity index (χ3n) is 5.17. The van der Waals surface area contributed by atoms with Crippen LogP contribution in [0.25, 0.3) is 0 Å². The molecule has 0 saturated carbocycles. The molecule has 0 aliphatic rings. The maximum Gasteiger partial charge on any atom is 0.121 e. The van der Waals surface area contributed by atoms with E-state index in [0.29, 0.717) is 24.3 Å². The fraction of sp³-hybridized carbons (Fsp3) is 0.143. The summed E-state index contributed by atoms with van der Waals surface area (Å²) < 4.78 is 10.8. The summed E-state index contributed by atoms with van der Waals surface area (Å²) in [4.78, 5) is 0. The van der Waals surface area contributed by atoms with Crippen LogP contribution in [-0.4, -0.2) is 27.5 Å². The molecule has 34 heavy (non-hydrogen) atoms. The van der Waals surface area contributed by atoms with Crippen LogP contribution >= 0.6 is 0 Å². The van der Waals surface area contributed by atoms with Crippen molar-refractivity contribution in [2.75, 3.05) is 7.11 Å². The van der Waals surface area contributed by atoms with Crippen molar-refractivity contribution < 1.29 is 29.9 Å². The number of benzene rings is 4. The molecule has 0 bridgehead atoms. The number of methoxy groups -OCH3 is 1. The molecule has 0 aliphatic heterocycles. The molecule has 0 heterocycles. The van der Waals surface area contributed by atoms with E-state index in [1.807, 2.05) is 24.3 Å². The van der Waals surface area contributed by atoms with Gasteiger partial charge < -0.3 is 29.9 Å². The molecule has 0 spiro atoms. The van der Waals surface area contributed by atoms with Crippen LogP contribution in [0.15, 0.2) is 97.1 Å². The van der Waals surface area contributed by atoms with Gasteiger partial charge in [-0.15, -0.1) is 0 Å². The minimum absolute atomic E-state index is 0.155. The van der Waals surface area contributed by atoms with Gasteiger partial charge in [0.1, 0.15) is 29.1 Å². The molecule has 0 radical (unpaired) electrons. The predicted octanol–water partition coefficient (Wildman–Crippen LogP) is 5.65. The van der Waals surface area contributed by atoms with Gasteiger partial charge in [-0.3, -0.25) is 0 Å². The van der Waals surface area contributed by atoms with Crippen LogP contribution in [0.5, 0.6) is 23.0 Å². The maximum absolute atomic E-state index is 9.80. The van der Waals surface area contributed by atoms with Crippen molar-refractivity contribution in [1.29, 1.82) is 0 Å². The standard InChI is InChI=1S/2C14H14O3/c1-17-14(10-6-2-4-8-12(10)15)11-7-3-5-9-13(11)16;15-13-7-3-1-5-11(13)9-17-10-12-6-2-4-8-14(12)16/h2-9,14-16H,1H3;1-8,15-16H,9-10H2. The number of ether oxygens (including phenoxy) is 2. The highest BCUT2D eigenvalue weighted by Crippen LogP contribution is 2.35. The van der Waals surface area contributed by atoms with Gasteiger partial charge in [-0.2, -0.15) is 0 Å². The fourth-order valence-electron chi connectivity index (χ4n) is 3.38. The summed E-state index contributed by atoms with van der Waals surface area (Å²) in [5.74, 6) is 0.764. The predicted molar refractivity (Wildman–Crippen MR) is 130 cm³/mol. The Kier molecular flexibility index (Phi) is 8.91. The van der Waals surface area contributed by atoms with Gasteiger partial charge in [0.2, 0.25) is 0 Å². The highest BCUT2D eigenvalue weighted by Gasteiger charge is 2.19. The molecule has 4 N–H and O–H groups in total. The van der Waals surface area contributed by atoms with Crippen LogP contribution in [0, 0.1) is 0 Å². The molecule has 4 aromatic carbocycles. The van der Waals surface area contributed by atoms with E-state index in [-0.39, 0.29) is 23.0 Å². The quantitative estimate of drug-likeness (QED) is 0.285. The summed E-state index contributed by atoms with van der Waals surface area (Å²) in [5.41, 5.74) is 2.75. The van der Waals surface area contributed by atoms with E-state index in [1.54, 1.807) is 79.9 Å². The molecule has 4 rings (SSSR count). The van der Waals surface area contributed by atoms with Crippen LogP contribution in [0.4, 0.5) is 0 Å². The lowest BCUT2D eigenvalue weighted by atomic mass is 10.00. The number of rotatable bonds is 7. The first kappa shape index (κ1) is 24.6. The maximum atomic E-state index is 9.80. The minimum Gasteiger partial charge on any atom is -0.508 e. The Bertz CT molecular complexity index is 1100. The van der Waals surface area contributed by atoms with E-state index in [0.717, 1.165) is 11.1 Å². The normalized spacial score (nSPS) is 10.5. The van der Waals surface area contributed by atoms with Crippen molar-refractivity contribution in [1.82, 2.24) is 0 Å². The van der Waals surface area contributed by atoms with Crippen LogP contribution in [0.2, 0.25) is 0 Å². The molecule has 0 aliphatic carbocycles. The van der Waals surface area contributed by atoms with Gasteiger partial charge in [0.15, 0.2) is 0 Å². The number of phenolic OH excluding ortho intramolecular Hbond substituents is 4. The van der Waals surface area contributed by atoms with Crippen molar-refractivity contribution in [3.63, 3.8) is 0 Å². The van der Waals surface area contributed by atoms with E-state index in [9.17, 15) is 20.4 Å². The lowest BCUT2D eigenvalue weighted by Crippen LogP contribution is -2.04. The number of hydrogen-bond acceptors (Lipinski definition) is 6. The summed E-state index contributed by atoms with van der Waals surface area (Å²) in [6.07, 6.45) is -0.475. The van der Waals surface area contributed by atoms with Gasteiger partial charge in [-0.25, -0.2) is 0 Å². The molecule has 0 saturated heterocycles. The van der Waals surface area contributed by atoms with Crippen LogP contribution in [-0.2, 0) is 22.7 Å². The molecule has 0 unspecified atom stereocenters. The number of phenols is 4. The van der Waals surface area contributed by atoms with E-state index in [4.69, 9.17) is 9.47 Å². The Balaban J connectivity index is 0.000000191.